The Hall–Kier alpha value is -1.09. The van der Waals surface area contributed by atoms with E-state index >= 15 is 0 Å². The molecule has 0 radical (unpaired) electrons. The molecule has 1 aromatic rings. The highest BCUT2D eigenvalue weighted by molar-refractivity contribution is 5.05. The Morgan fingerprint density at radius 3 is 2.90 bits per heavy atom. The van der Waals surface area contributed by atoms with Crippen molar-refractivity contribution in [2.75, 3.05) is 6.54 Å². The number of hydrogen-bond donors (Lipinski definition) is 1. The van der Waals surface area contributed by atoms with Crippen molar-refractivity contribution in [2.45, 2.75) is 70.4 Å². The molecule has 2 aliphatic carbocycles. The molecule has 20 heavy (non-hydrogen) atoms. The number of aromatic nitrogens is 2. The van der Waals surface area contributed by atoms with Gasteiger partial charge in [-0.2, -0.15) is 5.10 Å². The maximum atomic E-state index is 4.72. The van der Waals surface area contributed by atoms with Gasteiger partial charge in [-0.1, -0.05) is 24.5 Å². The molecule has 1 fully saturated rings. The summed E-state index contributed by atoms with van der Waals surface area (Å²) < 4.78 is 2.19. The first-order chi connectivity index (χ1) is 9.92. The average Bonchev–Trinajstić information content (AvgIpc) is 3.15. The van der Waals surface area contributed by atoms with E-state index in [1.165, 1.54) is 63.5 Å². The van der Waals surface area contributed by atoms with Gasteiger partial charge in [-0.05, 0) is 57.6 Å². The zero-order valence-corrected chi connectivity index (χ0v) is 12.5. The molecule has 110 valence electrons. The molecule has 0 spiro atoms. The van der Waals surface area contributed by atoms with Crippen molar-refractivity contribution in [2.24, 2.45) is 0 Å². The first-order valence-corrected chi connectivity index (χ1v) is 8.34. The Morgan fingerprint density at radius 2 is 2.10 bits per heavy atom. The van der Waals surface area contributed by atoms with Crippen LogP contribution in [-0.4, -0.2) is 16.3 Å². The number of allylic oxidation sites excluding steroid dienone is 1. The lowest BCUT2D eigenvalue weighted by Crippen LogP contribution is -2.16. The van der Waals surface area contributed by atoms with Crippen LogP contribution in [0.1, 0.15) is 69.5 Å². The van der Waals surface area contributed by atoms with E-state index in [4.69, 9.17) is 5.10 Å². The van der Waals surface area contributed by atoms with Gasteiger partial charge in [0.1, 0.15) is 0 Å². The summed E-state index contributed by atoms with van der Waals surface area (Å²) >= 11 is 0. The molecule has 3 rings (SSSR count). The highest BCUT2D eigenvalue weighted by Crippen LogP contribution is 2.28. The third-order valence-electron chi connectivity index (χ3n) is 4.68. The smallest absolute Gasteiger partial charge is 0.0762 e. The molecular weight excluding hydrogens is 246 g/mol. The topological polar surface area (TPSA) is 29.9 Å². The summed E-state index contributed by atoms with van der Waals surface area (Å²) in [6, 6.07) is 2.83. The quantitative estimate of drug-likeness (QED) is 0.627. The first-order valence-electron chi connectivity index (χ1n) is 8.34. The molecule has 1 aromatic heterocycles. The predicted molar refractivity (Wildman–Crippen MR) is 82.6 cm³/mol. The van der Waals surface area contributed by atoms with Crippen LogP contribution < -0.4 is 5.32 Å². The maximum Gasteiger partial charge on any atom is 0.0762 e. The second-order valence-electron chi connectivity index (χ2n) is 6.26. The third kappa shape index (κ3) is 3.72. The summed E-state index contributed by atoms with van der Waals surface area (Å²) in [7, 11) is 0. The Balaban J connectivity index is 1.39. The zero-order chi connectivity index (χ0) is 13.6. The van der Waals surface area contributed by atoms with Crippen LogP contribution in [0.4, 0.5) is 0 Å². The number of nitrogens with zero attached hydrogens (tertiary/aromatic N) is 2. The largest absolute Gasteiger partial charge is 0.311 e. The average molecular weight is 273 g/mol. The van der Waals surface area contributed by atoms with Crippen molar-refractivity contribution in [3.63, 3.8) is 0 Å². The molecule has 3 heteroatoms. The van der Waals surface area contributed by atoms with E-state index in [9.17, 15) is 0 Å². The van der Waals surface area contributed by atoms with Crippen molar-refractivity contribution in [1.29, 1.82) is 0 Å². The highest BCUT2D eigenvalue weighted by Gasteiger charge is 2.17. The van der Waals surface area contributed by atoms with Gasteiger partial charge >= 0.3 is 0 Å². The summed E-state index contributed by atoms with van der Waals surface area (Å²) in [4.78, 5) is 0. The van der Waals surface area contributed by atoms with Crippen LogP contribution in [-0.2, 0) is 6.54 Å². The lowest BCUT2D eigenvalue weighted by Gasteiger charge is -2.12. The van der Waals surface area contributed by atoms with E-state index in [0.717, 1.165) is 13.1 Å². The van der Waals surface area contributed by atoms with Gasteiger partial charge in [-0.25, -0.2) is 0 Å². The van der Waals surface area contributed by atoms with Gasteiger partial charge in [0, 0.05) is 12.7 Å². The summed E-state index contributed by atoms with van der Waals surface area (Å²) in [5.74, 6) is 0. The van der Waals surface area contributed by atoms with Crippen molar-refractivity contribution in [1.82, 2.24) is 15.1 Å². The molecule has 1 heterocycles. The van der Waals surface area contributed by atoms with E-state index in [0.29, 0.717) is 6.04 Å². The summed E-state index contributed by atoms with van der Waals surface area (Å²) in [6.07, 6.45) is 16.6. The van der Waals surface area contributed by atoms with Gasteiger partial charge in [0.15, 0.2) is 0 Å². The third-order valence-corrected chi connectivity index (χ3v) is 4.68. The molecule has 0 saturated heterocycles. The summed E-state index contributed by atoms with van der Waals surface area (Å²) in [6.45, 7) is 2.00. The minimum atomic E-state index is 0.663. The van der Waals surface area contributed by atoms with E-state index < -0.39 is 0 Å². The maximum absolute atomic E-state index is 4.72. The van der Waals surface area contributed by atoms with Gasteiger partial charge in [0.25, 0.3) is 0 Å². The van der Waals surface area contributed by atoms with Gasteiger partial charge < -0.3 is 5.32 Å². The molecule has 3 nitrogen and oxygen atoms in total. The van der Waals surface area contributed by atoms with E-state index in [2.05, 4.69) is 28.3 Å². The van der Waals surface area contributed by atoms with Crippen LogP contribution in [0.15, 0.2) is 23.9 Å². The lowest BCUT2D eigenvalue weighted by atomic mass is 9.97. The van der Waals surface area contributed by atoms with Gasteiger partial charge in [-0.15, -0.1) is 0 Å². The van der Waals surface area contributed by atoms with Crippen LogP contribution in [0, 0.1) is 0 Å². The summed E-state index contributed by atoms with van der Waals surface area (Å²) in [5, 5.41) is 8.25. The molecule has 0 aliphatic heterocycles. The van der Waals surface area contributed by atoms with Crippen molar-refractivity contribution >= 4 is 0 Å². The Labute approximate surface area is 122 Å². The Kier molecular flexibility index (Phi) is 4.91. The first kappa shape index (κ1) is 13.9. The van der Waals surface area contributed by atoms with E-state index in [1.54, 1.807) is 5.57 Å². The summed E-state index contributed by atoms with van der Waals surface area (Å²) in [5.41, 5.74) is 2.84. The normalized spacial score (nSPS) is 20.3. The standard InChI is InChI=1S/C17H27N3/c1-2-6-15(7-3-1)10-12-18-14-16-11-13-20(19-16)17-8-4-5-9-17/h6,11,13,17-18H,1-5,7-10,12,14H2. The molecule has 1 N–H and O–H groups in total. The predicted octanol–water partition coefficient (Wildman–Crippen LogP) is 3.98. The van der Waals surface area contributed by atoms with Crippen molar-refractivity contribution in [3.05, 3.63) is 29.6 Å². The Morgan fingerprint density at radius 1 is 1.20 bits per heavy atom. The highest BCUT2D eigenvalue weighted by atomic mass is 15.3. The molecule has 2 aliphatic rings. The monoisotopic (exact) mass is 273 g/mol. The number of hydrogen-bond acceptors (Lipinski definition) is 2. The second-order valence-corrected chi connectivity index (χ2v) is 6.26. The fourth-order valence-electron chi connectivity index (χ4n) is 3.44. The minimum absolute atomic E-state index is 0.663. The Bertz CT molecular complexity index is 441. The molecule has 0 aromatic carbocycles. The second kappa shape index (κ2) is 7.07. The molecule has 0 amide bonds. The number of rotatable bonds is 6. The molecular formula is C17H27N3. The molecule has 0 atom stereocenters. The van der Waals surface area contributed by atoms with E-state index in [1.807, 2.05) is 0 Å². The van der Waals surface area contributed by atoms with Crippen molar-refractivity contribution in [3.8, 4) is 0 Å². The van der Waals surface area contributed by atoms with Gasteiger partial charge in [-0.3, -0.25) is 4.68 Å². The van der Waals surface area contributed by atoms with Crippen molar-refractivity contribution < 1.29 is 0 Å². The van der Waals surface area contributed by atoms with Crippen LogP contribution in [0.2, 0.25) is 0 Å². The van der Waals surface area contributed by atoms with Crippen LogP contribution in [0.5, 0.6) is 0 Å². The minimum Gasteiger partial charge on any atom is -0.311 e. The zero-order valence-electron chi connectivity index (χ0n) is 12.5. The van der Waals surface area contributed by atoms with Gasteiger partial charge in [0.2, 0.25) is 0 Å². The SMILES string of the molecule is C1=C(CCNCc2ccn(C3CCCC3)n2)CCCC1. The molecule has 0 unspecified atom stereocenters. The molecule has 1 saturated carbocycles. The van der Waals surface area contributed by atoms with Gasteiger partial charge in [0.05, 0.1) is 11.7 Å². The van der Waals surface area contributed by atoms with Crippen LogP contribution >= 0.6 is 0 Å². The fourth-order valence-corrected chi connectivity index (χ4v) is 3.44. The van der Waals surface area contributed by atoms with Crippen LogP contribution in [0.25, 0.3) is 0 Å². The van der Waals surface area contributed by atoms with E-state index in [-0.39, 0.29) is 0 Å². The molecule has 0 bridgehead atoms. The van der Waals surface area contributed by atoms with Crippen LogP contribution in [0.3, 0.4) is 0 Å². The fraction of sp³-hybridized carbons (Fsp3) is 0.706. The number of nitrogens with one attached hydrogen (secondary N) is 1. The lowest BCUT2D eigenvalue weighted by molar-refractivity contribution is 0.461.